The summed E-state index contributed by atoms with van der Waals surface area (Å²) in [6.07, 6.45) is 1.99. The molecule has 0 atom stereocenters. The normalized spacial score (nSPS) is 13.4. The summed E-state index contributed by atoms with van der Waals surface area (Å²) in [6, 6.07) is 10.2. The zero-order valence-electron chi connectivity index (χ0n) is 17.7. The van der Waals surface area contributed by atoms with Crippen molar-refractivity contribution in [2.24, 2.45) is 0 Å². The molecule has 2 aromatic rings. The Morgan fingerprint density at radius 1 is 1.16 bits per heavy atom. The Kier molecular flexibility index (Phi) is 7.88. The molecule has 0 bridgehead atoms. The standard InChI is InChI=1S/C22H24ClN3O6/c1-31-22(30)6-2-5-19(27)24(12-18-4-3-11-32-18)13-20(28)25-14-21(29)26(15-25)17-9-7-16(23)8-10-17/h3-4,7-11H,2,5-6,12-15H2,1H3. The van der Waals surface area contributed by atoms with Crippen LogP contribution in [0.1, 0.15) is 25.0 Å². The Morgan fingerprint density at radius 2 is 1.91 bits per heavy atom. The predicted molar refractivity (Wildman–Crippen MR) is 116 cm³/mol. The van der Waals surface area contributed by atoms with Crippen molar-refractivity contribution in [2.45, 2.75) is 25.8 Å². The number of rotatable bonds is 9. The van der Waals surface area contributed by atoms with Gasteiger partial charge in [-0.1, -0.05) is 11.6 Å². The lowest BCUT2D eigenvalue weighted by Gasteiger charge is -2.24. The maximum Gasteiger partial charge on any atom is 0.305 e. The van der Waals surface area contributed by atoms with Crippen molar-refractivity contribution in [3.63, 3.8) is 0 Å². The van der Waals surface area contributed by atoms with Gasteiger partial charge in [0.05, 0.1) is 19.9 Å². The van der Waals surface area contributed by atoms with Crippen molar-refractivity contribution in [3.05, 3.63) is 53.4 Å². The molecule has 0 aliphatic carbocycles. The third-order valence-corrected chi connectivity index (χ3v) is 5.29. The van der Waals surface area contributed by atoms with E-state index in [1.807, 2.05) is 0 Å². The first kappa shape index (κ1) is 23.3. The Hall–Kier alpha value is -3.33. The second kappa shape index (κ2) is 10.8. The van der Waals surface area contributed by atoms with E-state index < -0.39 is 5.97 Å². The van der Waals surface area contributed by atoms with Crippen LogP contribution in [0.5, 0.6) is 0 Å². The molecule has 1 aliphatic rings. The maximum atomic E-state index is 12.9. The van der Waals surface area contributed by atoms with Gasteiger partial charge in [-0.2, -0.15) is 0 Å². The number of methoxy groups -OCH3 is 1. The lowest BCUT2D eigenvalue weighted by molar-refractivity contribution is -0.142. The number of anilines is 1. The number of ether oxygens (including phenoxy) is 1. The van der Waals surface area contributed by atoms with Gasteiger partial charge in [-0.15, -0.1) is 0 Å². The van der Waals surface area contributed by atoms with Gasteiger partial charge in [-0.3, -0.25) is 24.1 Å². The summed E-state index contributed by atoms with van der Waals surface area (Å²) in [5.41, 5.74) is 0.640. The summed E-state index contributed by atoms with van der Waals surface area (Å²) in [4.78, 5) is 53.7. The van der Waals surface area contributed by atoms with Crippen molar-refractivity contribution >= 4 is 41.0 Å². The minimum Gasteiger partial charge on any atom is -0.469 e. The summed E-state index contributed by atoms with van der Waals surface area (Å²) < 4.78 is 9.91. The van der Waals surface area contributed by atoms with Gasteiger partial charge in [0, 0.05) is 23.6 Å². The first-order chi connectivity index (χ1) is 15.4. The average Bonchev–Trinajstić information content (AvgIpc) is 3.43. The molecule has 1 aromatic carbocycles. The molecule has 32 heavy (non-hydrogen) atoms. The highest BCUT2D eigenvalue weighted by molar-refractivity contribution is 6.30. The molecule has 0 spiro atoms. The first-order valence-electron chi connectivity index (χ1n) is 10.1. The monoisotopic (exact) mass is 461 g/mol. The number of esters is 1. The third kappa shape index (κ3) is 6.10. The summed E-state index contributed by atoms with van der Waals surface area (Å²) in [5.74, 6) is -0.743. The van der Waals surface area contributed by atoms with Gasteiger partial charge in [-0.05, 0) is 42.8 Å². The number of furan rings is 1. The number of carbonyl (C=O) groups excluding carboxylic acids is 4. The van der Waals surface area contributed by atoms with E-state index in [2.05, 4.69) is 4.74 Å². The predicted octanol–water partition coefficient (Wildman–Crippen LogP) is 2.44. The number of halogens is 1. The van der Waals surface area contributed by atoms with E-state index in [4.69, 9.17) is 16.0 Å². The van der Waals surface area contributed by atoms with Crippen LogP contribution >= 0.6 is 11.6 Å². The van der Waals surface area contributed by atoms with Crippen molar-refractivity contribution in [3.8, 4) is 0 Å². The summed E-state index contributed by atoms with van der Waals surface area (Å²) >= 11 is 5.90. The van der Waals surface area contributed by atoms with Crippen molar-refractivity contribution in [2.75, 3.05) is 31.8 Å². The molecule has 2 heterocycles. The highest BCUT2D eigenvalue weighted by Crippen LogP contribution is 2.22. The summed E-state index contributed by atoms with van der Waals surface area (Å²) in [6.45, 7) is -0.0883. The molecule has 170 valence electrons. The maximum absolute atomic E-state index is 12.9. The van der Waals surface area contributed by atoms with Crippen molar-refractivity contribution in [1.82, 2.24) is 9.80 Å². The smallest absolute Gasteiger partial charge is 0.305 e. The lowest BCUT2D eigenvalue weighted by atomic mass is 10.2. The number of nitrogens with zero attached hydrogens (tertiary/aromatic N) is 3. The molecule has 3 amide bonds. The summed E-state index contributed by atoms with van der Waals surface area (Å²) in [5, 5.41) is 0.549. The van der Waals surface area contributed by atoms with Gasteiger partial charge in [0.2, 0.25) is 17.7 Å². The van der Waals surface area contributed by atoms with Gasteiger partial charge in [0.25, 0.3) is 0 Å². The van der Waals surface area contributed by atoms with E-state index in [0.29, 0.717) is 22.9 Å². The van der Waals surface area contributed by atoms with E-state index in [1.54, 1.807) is 36.4 Å². The van der Waals surface area contributed by atoms with Crippen LogP contribution in [-0.2, 0) is 30.5 Å². The topological polar surface area (TPSA) is 100 Å². The van der Waals surface area contributed by atoms with Crippen LogP contribution in [0.2, 0.25) is 5.02 Å². The fourth-order valence-electron chi connectivity index (χ4n) is 3.29. The number of amides is 3. The minimum atomic E-state index is -0.399. The van der Waals surface area contributed by atoms with Gasteiger partial charge < -0.3 is 19.0 Å². The molecule has 1 fully saturated rings. The van der Waals surface area contributed by atoms with Crippen molar-refractivity contribution < 1.29 is 28.3 Å². The van der Waals surface area contributed by atoms with Crippen LogP contribution in [-0.4, -0.2) is 60.4 Å². The second-order valence-electron chi connectivity index (χ2n) is 7.29. The third-order valence-electron chi connectivity index (χ3n) is 5.04. The Morgan fingerprint density at radius 3 is 2.56 bits per heavy atom. The average molecular weight is 462 g/mol. The SMILES string of the molecule is COC(=O)CCCC(=O)N(CC(=O)N1CC(=O)N(c2ccc(Cl)cc2)C1)Cc1ccco1. The Labute approximate surface area is 190 Å². The van der Waals surface area contributed by atoms with Crippen LogP contribution in [0.4, 0.5) is 5.69 Å². The molecule has 3 rings (SSSR count). The zero-order valence-corrected chi connectivity index (χ0v) is 18.4. The van der Waals surface area contributed by atoms with Gasteiger partial charge in [0.1, 0.15) is 25.5 Å². The van der Waals surface area contributed by atoms with Crippen molar-refractivity contribution in [1.29, 1.82) is 0 Å². The Bertz CT molecular complexity index is 961. The van der Waals surface area contributed by atoms with Crippen LogP contribution in [0, 0.1) is 0 Å². The molecule has 1 aromatic heterocycles. The fraction of sp³-hybridized carbons (Fsp3) is 0.364. The minimum absolute atomic E-state index is 0.0768. The first-order valence-corrected chi connectivity index (χ1v) is 10.5. The number of hydrogen-bond acceptors (Lipinski definition) is 6. The highest BCUT2D eigenvalue weighted by atomic mass is 35.5. The second-order valence-corrected chi connectivity index (χ2v) is 7.73. The molecule has 0 unspecified atom stereocenters. The van der Waals surface area contributed by atoms with Crippen LogP contribution < -0.4 is 4.90 Å². The van der Waals surface area contributed by atoms with E-state index in [0.717, 1.165) is 0 Å². The van der Waals surface area contributed by atoms with Gasteiger partial charge in [0.15, 0.2) is 0 Å². The molecule has 0 radical (unpaired) electrons. The van der Waals surface area contributed by atoms with E-state index in [1.165, 1.54) is 28.1 Å². The quantitative estimate of drug-likeness (QED) is 0.532. The zero-order chi connectivity index (χ0) is 23.1. The summed E-state index contributed by atoms with van der Waals surface area (Å²) in [7, 11) is 1.29. The fourth-order valence-corrected chi connectivity index (χ4v) is 3.42. The van der Waals surface area contributed by atoms with Gasteiger partial charge in [-0.25, -0.2) is 0 Å². The molecule has 0 saturated carbocycles. The molecular formula is C22H24ClN3O6. The van der Waals surface area contributed by atoms with Gasteiger partial charge >= 0.3 is 5.97 Å². The van der Waals surface area contributed by atoms with E-state index in [9.17, 15) is 19.2 Å². The Balaban J connectivity index is 1.63. The number of benzene rings is 1. The van der Waals surface area contributed by atoms with Crippen LogP contribution in [0.25, 0.3) is 0 Å². The van der Waals surface area contributed by atoms with Crippen LogP contribution in [0.15, 0.2) is 47.1 Å². The molecule has 10 heteroatoms. The van der Waals surface area contributed by atoms with Crippen LogP contribution in [0.3, 0.4) is 0 Å². The number of carbonyl (C=O) groups is 4. The molecule has 1 aliphatic heterocycles. The molecular weight excluding hydrogens is 438 g/mol. The molecule has 1 saturated heterocycles. The lowest BCUT2D eigenvalue weighted by Crippen LogP contribution is -2.42. The molecule has 0 N–H and O–H groups in total. The van der Waals surface area contributed by atoms with E-state index >= 15 is 0 Å². The highest BCUT2D eigenvalue weighted by Gasteiger charge is 2.33. The van der Waals surface area contributed by atoms with E-state index in [-0.39, 0.29) is 56.9 Å². The largest absolute Gasteiger partial charge is 0.469 e. The number of hydrogen-bond donors (Lipinski definition) is 0. The molecule has 9 nitrogen and oxygen atoms in total.